The van der Waals surface area contributed by atoms with E-state index >= 15 is 0 Å². The molecule has 0 radical (unpaired) electrons. The summed E-state index contributed by atoms with van der Waals surface area (Å²) < 4.78 is 0. The predicted molar refractivity (Wildman–Crippen MR) is 144 cm³/mol. The Bertz CT molecular complexity index is 1040. The van der Waals surface area contributed by atoms with Crippen LogP contribution in [0, 0.1) is 44.7 Å². The fourth-order valence-electron chi connectivity index (χ4n) is 3.07. The summed E-state index contributed by atoms with van der Waals surface area (Å²) in [5, 5.41) is 0. The van der Waals surface area contributed by atoms with E-state index in [2.05, 4.69) is 19.7 Å². The van der Waals surface area contributed by atoms with Crippen LogP contribution in [0.5, 0.6) is 0 Å². The molecule has 1 heterocycles. The van der Waals surface area contributed by atoms with Gasteiger partial charge in [0.2, 0.25) is 0 Å². The van der Waals surface area contributed by atoms with Gasteiger partial charge in [-0.25, -0.2) is 15.0 Å². The Morgan fingerprint density at radius 2 is 0.676 bits per heavy atom. The second-order valence-corrected chi connectivity index (χ2v) is 6.78. The monoisotopic (exact) mass is 598 g/mol. The Hall–Kier alpha value is -2.86. The Morgan fingerprint density at radius 3 is 0.853 bits per heavy atom. The standard InChI is InChI=1S/C27H21N3.C2H6.CH3.Er/c1-4-19-7-13-22(14-8-19)25-28-26(23-15-9-20(5-2)10-16-23)30-27(29-25)24-17-11-21(6-3)12-18-24;1-2;;/h4-18H,1-3H2;1-2H3;1H3;/q;;-1;. The average molecular weight is 600 g/mol. The summed E-state index contributed by atoms with van der Waals surface area (Å²) >= 11 is 0. The smallest absolute Gasteiger partial charge is 0.164 e. The van der Waals surface area contributed by atoms with Crippen molar-refractivity contribution in [2.75, 3.05) is 0 Å². The second kappa shape index (κ2) is 14.4. The van der Waals surface area contributed by atoms with E-state index in [9.17, 15) is 0 Å². The molecule has 0 aliphatic carbocycles. The number of rotatable bonds is 6. The van der Waals surface area contributed by atoms with Crippen LogP contribution in [0.4, 0.5) is 0 Å². The van der Waals surface area contributed by atoms with E-state index in [1.807, 2.05) is 105 Å². The van der Waals surface area contributed by atoms with E-state index in [0.29, 0.717) is 17.5 Å². The normalized spacial score (nSPS) is 9.35. The van der Waals surface area contributed by atoms with Crippen LogP contribution >= 0.6 is 0 Å². The zero-order chi connectivity index (χ0) is 22.9. The van der Waals surface area contributed by atoms with Crippen molar-refractivity contribution in [2.45, 2.75) is 13.8 Å². The Kier molecular flexibility index (Phi) is 12.4. The van der Waals surface area contributed by atoms with Gasteiger partial charge in [-0.2, -0.15) is 0 Å². The van der Waals surface area contributed by atoms with E-state index in [-0.39, 0.29) is 44.7 Å². The maximum Gasteiger partial charge on any atom is 0.164 e. The molecule has 4 aromatic rings. The first kappa shape index (κ1) is 29.2. The molecule has 4 rings (SSSR count). The Morgan fingerprint density at radius 1 is 0.471 bits per heavy atom. The molecule has 3 aromatic carbocycles. The van der Waals surface area contributed by atoms with Gasteiger partial charge in [0.25, 0.3) is 0 Å². The van der Waals surface area contributed by atoms with Gasteiger partial charge >= 0.3 is 0 Å². The molecule has 0 spiro atoms. The first-order valence-electron chi connectivity index (χ1n) is 10.6. The maximum absolute atomic E-state index is 4.75. The van der Waals surface area contributed by atoms with Crippen LogP contribution in [-0.2, 0) is 0 Å². The van der Waals surface area contributed by atoms with Crippen molar-refractivity contribution >= 4 is 18.2 Å². The van der Waals surface area contributed by atoms with E-state index in [4.69, 9.17) is 15.0 Å². The molecular formula is C30H30ErN3-. The molecule has 4 heteroatoms. The first-order valence-corrected chi connectivity index (χ1v) is 10.6. The summed E-state index contributed by atoms with van der Waals surface area (Å²) in [6.45, 7) is 15.4. The average Bonchev–Trinajstić information content (AvgIpc) is 2.89. The van der Waals surface area contributed by atoms with Crippen molar-refractivity contribution in [1.82, 2.24) is 15.0 Å². The molecule has 0 amide bonds. The number of aromatic nitrogens is 3. The summed E-state index contributed by atoms with van der Waals surface area (Å²) in [6, 6.07) is 24.0. The molecule has 178 valence electrons. The van der Waals surface area contributed by atoms with Crippen molar-refractivity contribution in [1.29, 1.82) is 0 Å². The van der Waals surface area contributed by atoms with Crippen molar-refractivity contribution in [3.8, 4) is 34.2 Å². The van der Waals surface area contributed by atoms with Gasteiger partial charge < -0.3 is 7.43 Å². The predicted octanol–water partition coefficient (Wildman–Crippen LogP) is 8.28. The zero-order valence-electron chi connectivity index (χ0n) is 19.9. The van der Waals surface area contributed by atoms with Crippen LogP contribution in [0.1, 0.15) is 30.5 Å². The number of hydrogen-bond donors (Lipinski definition) is 0. The second-order valence-electron chi connectivity index (χ2n) is 6.78. The first-order chi connectivity index (χ1) is 15.7. The molecule has 0 fully saturated rings. The number of hydrogen-bond acceptors (Lipinski definition) is 3. The molecule has 0 saturated heterocycles. The SMILES string of the molecule is C=Cc1ccc(-c2nc(-c3ccc(C=C)cc3)nc(-c3ccc(C=C)cc3)n2)cc1.CC.[CH3-].[Er]. The van der Waals surface area contributed by atoms with Crippen molar-refractivity contribution in [3.05, 3.63) is 117 Å². The third kappa shape index (κ3) is 7.07. The quantitative estimate of drug-likeness (QED) is 0.209. The van der Waals surface area contributed by atoms with Crippen LogP contribution in [0.3, 0.4) is 0 Å². The van der Waals surface area contributed by atoms with E-state index in [0.717, 1.165) is 33.4 Å². The van der Waals surface area contributed by atoms with E-state index < -0.39 is 0 Å². The van der Waals surface area contributed by atoms with Crippen LogP contribution in [-0.4, -0.2) is 15.0 Å². The van der Waals surface area contributed by atoms with Crippen molar-refractivity contribution in [2.24, 2.45) is 0 Å². The minimum atomic E-state index is 0. The van der Waals surface area contributed by atoms with E-state index in [1.54, 1.807) is 0 Å². The van der Waals surface area contributed by atoms with Gasteiger partial charge in [-0.1, -0.05) is 125 Å². The van der Waals surface area contributed by atoms with Crippen LogP contribution in [0.15, 0.2) is 92.5 Å². The molecular weight excluding hydrogens is 570 g/mol. The van der Waals surface area contributed by atoms with Crippen LogP contribution in [0.2, 0.25) is 0 Å². The summed E-state index contributed by atoms with van der Waals surface area (Å²) in [5.41, 5.74) is 5.93. The molecule has 0 unspecified atom stereocenters. The molecule has 0 saturated carbocycles. The van der Waals surface area contributed by atoms with Gasteiger partial charge in [0.15, 0.2) is 17.5 Å². The maximum atomic E-state index is 4.75. The van der Waals surface area contributed by atoms with Crippen LogP contribution in [0.25, 0.3) is 52.4 Å². The van der Waals surface area contributed by atoms with Crippen molar-refractivity contribution in [3.63, 3.8) is 0 Å². The molecule has 34 heavy (non-hydrogen) atoms. The molecule has 0 aliphatic heterocycles. The summed E-state index contributed by atoms with van der Waals surface area (Å²) in [6.07, 6.45) is 5.45. The van der Waals surface area contributed by atoms with E-state index in [1.165, 1.54) is 0 Å². The Labute approximate surface area is 233 Å². The summed E-state index contributed by atoms with van der Waals surface area (Å²) in [7, 11) is 0. The summed E-state index contributed by atoms with van der Waals surface area (Å²) in [5.74, 6) is 1.89. The van der Waals surface area contributed by atoms with Gasteiger partial charge in [0, 0.05) is 54.0 Å². The third-order valence-electron chi connectivity index (χ3n) is 4.85. The van der Waals surface area contributed by atoms with Gasteiger partial charge in [-0.3, -0.25) is 0 Å². The van der Waals surface area contributed by atoms with Crippen molar-refractivity contribution < 1.29 is 37.3 Å². The zero-order valence-corrected chi connectivity index (χ0v) is 21.8. The molecule has 1 aromatic heterocycles. The molecule has 0 N–H and O–H groups in total. The van der Waals surface area contributed by atoms with Gasteiger partial charge in [-0.15, -0.1) is 0 Å². The number of benzene rings is 3. The minimum Gasteiger partial charge on any atom is -0.358 e. The molecule has 0 bridgehead atoms. The fraction of sp³-hybridized carbons (Fsp3) is 0.0667. The molecule has 0 aliphatic rings. The van der Waals surface area contributed by atoms with Gasteiger partial charge in [0.1, 0.15) is 0 Å². The number of nitrogens with zero attached hydrogens (tertiary/aromatic N) is 3. The molecule has 3 nitrogen and oxygen atoms in total. The molecule has 0 atom stereocenters. The van der Waals surface area contributed by atoms with Gasteiger partial charge in [0.05, 0.1) is 0 Å². The Balaban J connectivity index is 0.00000141. The van der Waals surface area contributed by atoms with Crippen LogP contribution < -0.4 is 0 Å². The fourth-order valence-corrected chi connectivity index (χ4v) is 3.07. The van der Waals surface area contributed by atoms with Gasteiger partial charge in [-0.05, 0) is 16.7 Å². The minimum absolute atomic E-state index is 0. The topological polar surface area (TPSA) is 38.7 Å². The summed E-state index contributed by atoms with van der Waals surface area (Å²) in [4.78, 5) is 14.3. The largest absolute Gasteiger partial charge is 0.358 e. The third-order valence-corrected chi connectivity index (χ3v) is 4.85.